The number of amides is 3. The van der Waals surface area contributed by atoms with E-state index < -0.39 is 32.5 Å². The zero-order chi connectivity index (χ0) is 55.6. The van der Waals surface area contributed by atoms with Gasteiger partial charge in [-0.3, -0.25) is 23.7 Å². The third-order valence-electron chi connectivity index (χ3n) is 13.8. The summed E-state index contributed by atoms with van der Waals surface area (Å²) in [5.41, 5.74) is 0. The normalized spacial score (nSPS) is 16.9. The largest absolute Gasteiger partial charge is 1.00 e. The number of esters is 2. The molecule has 0 aromatic rings. The molecule has 3 N–H and O–H groups in total. The molecule has 5 atom stereocenters. The third kappa shape index (κ3) is 46.6. The van der Waals surface area contributed by atoms with Gasteiger partial charge in [0.1, 0.15) is 12.4 Å². The Morgan fingerprint density at radius 3 is 1.56 bits per heavy atom. The Hall–Kier alpha value is -1.71. The van der Waals surface area contributed by atoms with Crippen molar-refractivity contribution in [1.82, 2.24) is 16.0 Å². The van der Waals surface area contributed by atoms with Gasteiger partial charge in [-0.15, -0.1) is 0 Å². The number of fused-ring (bicyclic) bond motifs is 1. The maximum Gasteiger partial charge on any atom is 1.00 e. The Bertz CT molecular complexity index is 1590. The summed E-state index contributed by atoms with van der Waals surface area (Å²) in [7, 11) is -4.53. The Morgan fingerprint density at radius 1 is 0.597 bits per heavy atom. The molecule has 0 spiro atoms. The first kappa shape index (κ1) is 75.3. The molecule has 1 unspecified atom stereocenters. The van der Waals surface area contributed by atoms with E-state index in [1.807, 2.05) is 18.7 Å². The monoisotopic (exact) mass is 1130 g/mol. The maximum absolute atomic E-state index is 12.5. The smallest absolute Gasteiger partial charge is 0.756 e. The van der Waals surface area contributed by atoms with Gasteiger partial charge in [-0.1, -0.05) is 160 Å². The molecule has 0 aromatic heterocycles. The standard InChI is InChI=1S/C41H77O8P.C19H33N3O3S.Na/c1-4-7-9-11-13-15-17-19-21-23-25-27-29-31-33-35-40(42)46-37-39(38-48-50(44,45)47-6-3)49-41(43)36-34-32-30-28-26-24-22-20-18-16-14-12-10-8-5-2;1-2-20-17(24)12-6-4-3-5-9-14(23)10-7-8-11-16-18-15(13-26-16)21-19(25)22-18;/h19-22,39H,4-18,23-38H2,1-3H3,(H,44,45);15-16,18H,2-13H2,1H3,(H,20,24)(H2,21,22,25);/q;;+1/p-1/b21-19-,22-20-;;/t39-;15-,16-,18-;/m10./s1. The van der Waals surface area contributed by atoms with E-state index in [0.29, 0.717) is 43.3 Å². The number of nitrogens with one attached hydrogen (secondary N) is 3. The summed E-state index contributed by atoms with van der Waals surface area (Å²) in [5, 5.41) is 9.25. The van der Waals surface area contributed by atoms with Gasteiger partial charge in [-0.2, -0.15) is 11.8 Å². The molecule has 17 heteroatoms. The van der Waals surface area contributed by atoms with Crippen LogP contribution < -0.4 is 50.4 Å². The minimum absolute atomic E-state index is 0. The van der Waals surface area contributed by atoms with Gasteiger partial charge in [0.05, 0.1) is 25.3 Å². The van der Waals surface area contributed by atoms with Crippen LogP contribution in [0.1, 0.15) is 272 Å². The van der Waals surface area contributed by atoms with Gasteiger partial charge in [0.25, 0.3) is 7.82 Å². The van der Waals surface area contributed by atoms with Crippen LogP contribution in [0.3, 0.4) is 0 Å². The Morgan fingerprint density at radius 2 is 1.05 bits per heavy atom. The number of unbranched alkanes of at least 4 members (excludes halogenated alkanes) is 26. The van der Waals surface area contributed by atoms with Gasteiger partial charge in [0, 0.05) is 49.7 Å². The molecule has 442 valence electrons. The van der Waals surface area contributed by atoms with E-state index >= 15 is 0 Å². The zero-order valence-corrected chi connectivity index (χ0v) is 53.1. The van der Waals surface area contributed by atoms with Crippen molar-refractivity contribution in [1.29, 1.82) is 0 Å². The van der Waals surface area contributed by atoms with Gasteiger partial charge in [-0.25, -0.2) is 4.79 Å². The molecule has 2 aliphatic rings. The second-order valence-electron chi connectivity index (χ2n) is 20.9. The number of rotatable bonds is 51. The maximum atomic E-state index is 12.5. The molecule has 2 rings (SSSR count). The minimum Gasteiger partial charge on any atom is -0.756 e. The summed E-state index contributed by atoms with van der Waals surface area (Å²) in [5.74, 6) is 0.634. The van der Waals surface area contributed by atoms with Crippen LogP contribution in [0.25, 0.3) is 0 Å². The molecule has 77 heavy (non-hydrogen) atoms. The molecule has 14 nitrogen and oxygen atoms in total. The number of hydrogen-bond acceptors (Lipinski definition) is 12. The average molecular weight is 1130 g/mol. The number of urea groups is 1. The quantitative estimate of drug-likeness (QED) is 0.0130. The van der Waals surface area contributed by atoms with Crippen molar-refractivity contribution in [3.05, 3.63) is 24.3 Å². The molecular weight excluding hydrogens is 1020 g/mol. The van der Waals surface area contributed by atoms with Crippen molar-refractivity contribution in [2.75, 3.05) is 32.1 Å². The van der Waals surface area contributed by atoms with Crippen LogP contribution in [-0.4, -0.2) is 85.2 Å². The SMILES string of the molecule is CCCCCCCC/C=C\CCCCCCCC(=O)OC[C@H](COP(=O)([O-])OCC)OC(=O)CCCCCCC/C=C\CCCCCCCC.CCNC(=O)CCCCCCC(=O)CCCC[C@@H]1SC[C@@H]2NC(=O)N[C@@H]21.[Na+]. The number of hydrogen-bond donors (Lipinski definition) is 3. The first-order valence-electron chi connectivity index (χ1n) is 30.7. The van der Waals surface area contributed by atoms with E-state index in [9.17, 15) is 33.4 Å². The topological polar surface area (TPSA) is 198 Å². The van der Waals surface area contributed by atoms with Crippen LogP contribution in [-0.2, 0) is 42.3 Å². The summed E-state index contributed by atoms with van der Waals surface area (Å²) in [6.07, 6.45) is 48.1. The second-order valence-corrected chi connectivity index (χ2v) is 23.6. The van der Waals surface area contributed by atoms with Crippen molar-refractivity contribution in [3.63, 3.8) is 0 Å². The van der Waals surface area contributed by atoms with Crippen molar-refractivity contribution >= 4 is 49.2 Å². The third-order valence-corrected chi connectivity index (χ3v) is 16.4. The Balaban J connectivity index is 0.00000178. The predicted octanol–water partition coefficient (Wildman–Crippen LogP) is 11.8. The molecule has 0 bridgehead atoms. The summed E-state index contributed by atoms with van der Waals surface area (Å²) >= 11 is 1.93. The van der Waals surface area contributed by atoms with Crippen LogP contribution in [0.4, 0.5) is 4.79 Å². The number of ketones is 1. The molecule has 2 aliphatic heterocycles. The molecule has 2 saturated heterocycles. The molecule has 2 heterocycles. The number of phosphoric ester groups is 1. The number of ether oxygens (including phenoxy) is 2. The van der Waals surface area contributed by atoms with E-state index in [0.717, 1.165) is 121 Å². The fourth-order valence-electron chi connectivity index (χ4n) is 9.35. The van der Waals surface area contributed by atoms with Crippen LogP contribution in [0.5, 0.6) is 0 Å². The van der Waals surface area contributed by atoms with Crippen LogP contribution in [0, 0.1) is 0 Å². The average Bonchev–Trinajstić information content (AvgIpc) is 3.96. The van der Waals surface area contributed by atoms with Gasteiger partial charge in [-0.05, 0) is 104 Å². The van der Waals surface area contributed by atoms with E-state index in [4.69, 9.17) is 14.0 Å². The Kier molecular flexibility index (Phi) is 52.4. The summed E-state index contributed by atoms with van der Waals surface area (Å²) in [6.45, 7) is 7.87. The number of allylic oxidation sites excluding steroid dienone is 4. The Labute approximate surface area is 495 Å². The van der Waals surface area contributed by atoms with Crippen molar-refractivity contribution < 1.29 is 81.5 Å². The number of carbonyl (C=O) groups excluding carboxylic acids is 5. The fourth-order valence-corrected chi connectivity index (χ4v) is 11.6. The van der Waals surface area contributed by atoms with Crippen LogP contribution in [0.15, 0.2) is 24.3 Å². The van der Waals surface area contributed by atoms with Gasteiger partial charge in [0.15, 0.2) is 6.10 Å². The van der Waals surface area contributed by atoms with Crippen molar-refractivity contribution in [2.24, 2.45) is 0 Å². The zero-order valence-electron chi connectivity index (χ0n) is 49.4. The summed E-state index contributed by atoms with van der Waals surface area (Å²) in [6, 6.07) is 0.515. The molecule has 0 aromatic carbocycles. The first-order valence-corrected chi connectivity index (χ1v) is 33.2. The van der Waals surface area contributed by atoms with Crippen LogP contribution >= 0.6 is 19.6 Å². The molecule has 3 amide bonds. The predicted molar refractivity (Wildman–Crippen MR) is 310 cm³/mol. The molecule has 0 aliphatic carbocycles. The van der Waals surface area contributed by atoms with Crippen LogP contribution in [0.2, 0.25) is 0 Å². The van der Waals surface area contributed by atoms with E-state index in [-0.39, 0.29) is 79.6 Å². The molecule has 0 radical (unpaired) electrons. The number of phosphoric acid groups is 1. The van der Waals surface area contributed by atoms with Crippen molar-refractivity contribution in [2.45, 2.75) is 295 Å². The summed E-state index contributed by atoms with van der Waals surface area (Å²) in [4.78, 5) is 71.3. The number of thioether (sulfide) groups is 1. The second kappa shape index (κ2) is 53.6. The first-order chi connectivity index (χ1) is 36.9. The summed E-state index contributed by atoms with van der Waals surface area (Å²) < 4.78 is 32.2. The van der Waals surface area contributed by atoms with Gasteiger partial charge >= 0.3 is 47.5 Å². The van der Waals surface area contributed by atoms with E-state index in [1.165, 1.54) is 96.8 Å². The fraction of sp³-hybridized carbons (Fsp3) is 0.850. The van der Waals surface area contributed by atoms with Gasteiger partial charge < -0.3 is 39.4 Å². The minimum atomic E-state index is -4.53. The van der Waals surface area contributed by atoms with Crippen molar-refractivity contribution in [3.8, 4) is 0 Å². The number of Topliss-reactive ketones (excluding diaryl/α,β-unsaturated/α-hetero) is 1. The van der Waals surface area contributed by atoms with E-state index in [2.05, 4.69) is 58.6 Å². The number of carbonyl (C=O) groups is 5. The van der Waals surface area contributed by atoms with E-state index in [1.54, 1.807) is 0 Å². The molecular formula is C60H109N3NaO11PS. The van der Waals surface area contributed by atoms with Gasteiger partial charge in [0.2, 0.25) is 5.91 Å². The molecule has 2 fully saturated rings. The molecule has 0 saturated carbocycles.